The van der Waals surface area contributed by atoms with E-state index in [9.17, 15) is 14.7 Å². The van der Waals surface area contributed by atoms with E-state index in [1.807, 2.05) is 6.92 Å². The molecule has 0 bridgehead atoms. The molecule has 0 aromatic heterocycles. The topological polar surface area (TPSA) is 91.3 Å². The van der Waals surface area contributed by atoms with Gasteiger partial charge in [-0.25, -0.2) is 0 Å². The highest BCUT2D eigenvalue weighted by atomic mass is 16.7. The van der Waals surface area contributed by atoms with Crippen LogP contribution in [0.15, 0.2) is 0 Å². The number of hydrogen-bond donors (Lipinski definition) is 1. The Hall–Kier alpha value is -1.18. The Kier molecular flexibility index (Phi) is 4.52. The predicted molar refractivity (Wildman–Crippen MR) is 74.6 cm³/mol. The number of carbonyl (C=O) groups excluding carboxylic acids is 2. The normalized spacial score (nSPS) is 43.7. The van der Waals surface area contributed by atoms with Crippen molar-refractivity contribution in [2.24, 2.45) is 22.7 Å². The van der Waals surface area contributed by atoms with Crippen LogP contribution in [0, 0.1) is 22.7 Å². The second-order valence-electron chi connectivity index (χ2n) is 6.44. The molecule has 1 unspecified atom stereocenters. The fraction of sp³-hybridized carbons (Fsp3) is 0.867. The largest absolute Gasteiger partial charge is 0.469 e. The monoisotopic (exact) mass is 316 g/mol. The minimum Gasteiger partial charge on any atom is -0.469 e. The first-order chi connectivity index (χ1) is 10.3. The molecule has 0 aromatic rings. The first-order valence-corrected chi connectivity index (χ1v) is 7.25. The third kappa shape index (κ3) is 2.06. The molecule has 2 rings (SSSR count). The summed E-state index contributed by atoms with van der Waals surface area (Å²) in [4.78, 5) is 24.1. The molecule has 1 aliphatic heterocycles. The number of carbonyl (C=O) groups is 2. The zero-order valence-corrected chi connectivity index (χ0v) is 13.6. The van der Waals surface area contributed by atoms with Gasteiger partial charge in [-0.3, -0.25) is 9.59 Å². The first kappa shape index (κ1) is 17.2. The Balaban J connectivity index is 2.47. The van der Waals surface area contributed by atoms with E-state index >= 15 is 0 Å². The Labute approximate surface area is 129 Å². The lowest BCUT2D eigenvalue weighted by Gasteiger charge is -2.38. The molecule has 7 nitrogen and oxygen atoms in total. The van der Waals surface area contributed by atoms with E-state index in [2.05, 4.69) is 0 Å². The molecule has 0 spiro atoms. The summed E-state index contributed by atoms with van der Waals surface area (Å²) in [6.07, 6.45) is -1.63. The fourth-order valence-electron chi connectivity index (χ4n) is 4.18. The SMILES string of the molecule is COC(=O)C[C@@H]1[C@@H](O)[C@@](C)(C(=O)OC)[C@@]2(C)COC(OC)[C@@H]12. The molecule has 1 N–H and O–H groups in total. The smallest absolute Gasteiger partial charge is 0.314 e. The van der Waals surface area contributed by atoms with Crippen LogP contribution < -0.4 is 0 Å². The lowest BCUT2D eigenvalue weighted by Crippen LogP contribution is -2.49. The Morgan fingerprint density at radius 1 is 1.23 bits per heavy atom. The van der Waals surface area contributed by atoms with E-state index in [-0.39, 0.29) is 18.9 Å². The molecule has 0 amide bonds. The molecule has 0 aromatic carbocycles. The van der Waals surface area contributed by atoms with E-state index in [4.69, 9.17) is 18.9 Å². The molecule has 1 heterocycles. The van der Waals surface area contributed by atoms with Crippen LogP contribution in [0.4, 0.5) is 0 Å². The minimum absolute atomic E-state index is 0.00622. The molecule has 22 heavy (non-hydrogen) atoms. The number of methoxy groups -OCH3 is 3. The van der Waals surface area contributed by atoms with E-state index in [1.54, 1.807) is 6.92 Å². The van der Waals surface area contributed by atoms with Crippen molar-refractivity contribution in [2.45, 2.75) is 32.7 Å². The van der Waals surface area contributed by atoms with Gasteiger partial charge in [0, 0.05) is 24.4 Å². The van der Waals surface area contributed by atoms with Crippen LogP contribution in [0.25, 0.3) is 0 Å². The van der Waals surface area contributed by atoms with E-state index in [0.29, 0.717) is 0 Å². The van der Waals surface area contributed by atoms with Gasteiger partial charge in [-0.1, -0.05) is 6.92 Å². The summed E-state index contributed by atoms with van der Waals surface area (Å²) in [5, 5.41) is 10.8. The van der Waals surface area contributed by atoms with Gasteiger partial charge in [-0.2, -0.15) is 0 Å². The van der Waals surface area contributed by atoms with Gasteiger partial charge in [0.05, 0.1) is 38.8 Å². The van der Waals surface area contributed by atoms with Gasteiger partial charge >= 0.3 is 11.9 Å². The molecule has 2 aliphatic rings. The van der Waals surface area contributed by atoms with Gasteiger partial charge < -0.3 is 24.1 Å². The lowest BCUT2D eigenvalue weighted by molar-refractivity contribution is -0.170. The molecule has 1 saturated heterocycles. The van der Waals surface area contributed by atoms with Crippen LogP contribution in [-0.4, -0.2) is 57.4 Å². The van der Waals surface area contributed by atoms with Crippen molar-refractivity contribution in [1.29, 1.82) is 0 Å². The maximum Gasteiger partial charge on any atom is 0.314 e. The first-order valence-electron chi connectivity index (χ1n) is 7.25. The third-order valence-corrected chi connectivity index (χ3v) is 5.69. The van der Waals surface area contributed by atoms with Crippen molar-refractivity contribution in [1.82, 2.24) is 0 Å². The quantitative estimate of drug-likeness (QED) is 0.748. The molecule has 1 saturated carbocycles. The fourth-order valence-corrected chi connectivity index (χ4v) is 4.18. The highest BCUT2D eigenvalue weighted by Crippen LogP contribution is 2.64. The molecular weight excluding hydrogens is 292 g/mol. The zero-order chi connectivity index (χ0) is 16.7. The summed E-state index contributed by atoms with van der Waals surface area (Å²) in [6, 6.07) is 0. The summed E-state index contributed by atoms with van der Waals surface area (Å²) in [7, 11) is 4.09. The maximum absolute atomic E-state index is 12.4. The van der Waals surface area contributed by atoms with Gasteiger partial charge in [0.2, 0.25) is 0 Å². The van der Waals surface area contributed by atoms with Crippen LogP contribution in [0.3, 0.4) is 0 Å². The molecule has 0 radical (unpaired) electrons. The van der Waals surface area contributed by atoms with Crippen molar-refractivity contribution in [2.75, 3.05) is 27.9 Å². The lowest BCUT2D eigenvalue weighted by atomic mass is 9.65. The average Bonchev–Trinajstić information content (AvgIpc) is 2.94. The molecular formula is C15H24O7. The summed E-state index contributed by atoms with van der Waals surface area (Å²) < 4.78 is 20.7. The molecule has 2 fully saturated rings. The maximum atomic E-state index is 12.4. The molecule has 126 valence electrons. The number of fused-ring (bicyclic) bond motifs is 1. The highest BCUT2D eigenvalue weighted by molar-refractivity contribution is 5.80. The molecule has 1 aliphatic carbocycles. The summed E-state index contributed by atoms with van der Waals surface area (Å²) in [5.74, 6) is -1.77. The number of aliphatic hydroxyl groups excluding tert-OH is 1. The van der Waals surface area contributed by atoms with E-state index < -0.39 is 41.1 Å². The molecule has 6 atom stereocenters. The predicted octanol–water partition coefficient (Wildman–Crippen LogP) is 0.345. The van der Waals surface area contributed by atoms with Crippen molar-refractivity contribution in [3.63, 3.8) is 0 Å². The number of hydrogen-bond acceptors (Lipinski definition) is 7. The number of aliphatic hydroxyl groups is 1. The number of rotatable bonds is 4. The van der Waals surface area contributed by atoms with Crippen LogP contribution in [-0.2, 0) is 28.5 Å². The zero-order valence-electron chi connectivity index (χ0n) is 13.6. The number of ether oxygens (including phenoxy) is 4. The van der Waals surface area contributed by atoms with E-state index in [0.717, 1.165) is 0 Å². The van der Waals surface area contributed by atoms with Gasteiger partial charge in [0.25, 0.3) is 0 Å². The van der Waals surface area contributed by atoms with Gasteiger partial charge in [-0.15, -0.1) is 0 Å². The van der Waals surface area contributed by atoms with Crippen molar-refractivity contribution in [3.05, 3.63) is 0 Å². The van der Waals surface area contributed by atoms with Crippen LogP contribution in [0.1, 0.15) is 20.3 Å². The minimum atomic E-state index is -1.18. The second kappa shape index (κ2) is 5.79. The van der Waals surface area contributed by atoms with Gasteiger partial charge in [0.1, 0.15) is 0 Å². The summed E-state index contributed by atoms with van der Waals surface area (Å²) >= 11 is 0. The van der Waals surface area contributed by atoms with Crippen LogP contribution >= 0.6 is 0 Å². The average molecular weight is 316 g/mol. The Bertz CT molecular complexity index is 465. The summed E-state index contributed by atoms with van der Waals surface area (Å²) in [5.41, 5.74) is -1.88. The van der Waals surface area contributed by atoms with Crippen LogP contribution in [0.2, 0.25) is 0 Å². The second-order valence-corrected chi connectivity index (χ2v) is 6.44. The Morgan fingerprint density at radius 3 is 2.36 bits per heavy atom. The highest BCUT2D eigenvalue weighted by Gasteiger charge is 2.73. The van der Waals surface area contributed by atoms with Crippen LogP contribution in [0.5, 0.6) is 0 Å². The van der Waals surface area contributed by atoms with Crippen molar-refractivity contribution < 1.29 is 33.6 Å². The number of esters is 2. The summed E-state index contributed by atoms with van der Waals surface area (Å²) in [6.45, 7) is 3.78. The third-order valence-electron chi connectivity index (χ3n) is 5.69. The van der Waals surface area contributed by atoms with E-state index in [1.165, 1.54) is 21.3 Å². The standard InChI is InChI=1S/C15H24O7/c1-14-7-22-12(20-4)10(14)8(6-9(16)19-3)11(17)15(14,2)13(18)21-5/h8,10-12,17H,6-7H2,1-5H3/t8-,10+,11+,12?,14-,15-/m0/s1. The van der Waals surface area contributed by atoms with Gasteiger partial charge in [0.15, 0.2) is 6.29 Å². The Morgan fingerprint density at radius 2 is 1.86 bits per heavy atom. The van der Waals surface area contributed by atoms with Crippen molar-refractivity contribution in [3.8, 4) is 0 Å². The molecule has 7 heteroatoms. The van der Waals surface area contributed by atoms with Crippen molar-refractivity contribution >= 4 is 11.9 Å². The van der Waals surface area contributed by atoms with Gasteiger partial charge in [-0.05, 0) is 6.92 Å².